The summed E-state index contributed by atoms with van der Waals surface area (Å²) in [6, 6.07) is 15.7. The van der Waals surface area contributed by atoms with Gasteiger partial charge in [0.05, 0.1) is 0 Å². The monoisotopic (exact) mass is 417 g/mol. The molecule has 1 N–H and O–H groups in total. The molecule has 0 atom stereocenters. The molecule has 0 saturated heterocycles. The van der Waals surface area contributed by atoms with E-state index in [-0.39, 0.29) is 5.54 Å². The molecule has 96 valence electrons. The molecule has 0 amide bonds. The molecule has 1 aliphatic rings. The van der Waals surface area contributed by atoms with Gasteiger partial charge in [0.15, 0.2) is 0 Å². The van der Waals surface area contributed by atoms with E-state index in [9.17, 15) is 0 Å². The van der Waals surface area contributed by atoms with Crippen molar-refractivity contribution < 1.29 is 23.2 Å². The molecule has 2 heteroatoms. The Morgan fingerprint density at radius 1 is 0.947 bits per heavy atom. The summed E-state index contributed by atoms with van der Waals surface area (Å²) in [5, 5.41) is 0. The molecule has 0 aromatic heterocycles. The summed E-state index contributed by atoms with van der Waals surface area (Å²) in [5.74, 6) is 0. The van der Waals surface area contributed by atoms with E-state index in [0.29, 0.717) is 0 Å². The van der Waals surface area contributed by atoms with Gasteiger partial charge in [0.2, 0.25) is 0 Å². The van der Waals surface area contributed by atoms with Crippen LogP contribution in [-0.4, -0.2) is 5.54 Å². The summed E-state index contributed by atoms with van der Waals surface area (Å²) in [4.78, 5) is 0. The third kappa shape index (κ3) is 2.75. The van der Waals surface area contributed by atoms with Crippen molar-refractivity contribution in [2.45, 2.75) is 32.7 Å². The Hall–Kier alpha value is -0.730. The van der Waals surface area contributed by atoms with E-state index in [1.165, 1.54) is 16.7 Å². The Kier molecular flexibility index (Phi) is 3.48. The van der Waals surface area contributed by atoms with Crippen LogP contribution in [0.2, 0.25) is 0 Å². The van der Waals surface area contributed by atoms with Crippen LogP contribution in [0.3, 0.4) is 0 Å². The quantitative estimate of drug-likeness (QED) is 0.633. The van der Waals surface area contributed by atoms with Gasteiger partial charge in [-0.1, -0.05) is 0 Å². The minimum absolute atomic E-state index is 0.247. The second-order valence-corrected chi connectivity index (χ2v) is 9.90. The number of nitrogens with one attached hydrogen (secondary N) is 1. The molecule has 1 aliphatic carbocycles. The van der Waals surface area contributed by atoms with Gasteiger partial charge in [-0.3, -0.25) is 0 Å². The summed E-state index contributed by atoms with van der Waals surface area (Å²) in [7, 11) is 0. The molecule has 0 heterocycles. The van der Waals surface area contributed by atoms with E-state index in [0.717, 1.165) is 6.42 Å². The van der Waals surface area contributed by atoms with Crippen molar-refractivity contribution >= 4 is 3.32 Å². The van der Waals surface area contributed by atoms with E-state index in [2.05, 4.69) is 66.5 Å². The fourth-order valence-electron chi connectivity index (χ4n) is 2.53. The maximum atomic E-state index is 3.79. The number of benzene rings is 2. The van der Waals surface area contributed by atoms with Crippen LogP contribution in [0.1, 0.15) is 31.9 Å². The van der Waals surface area contributed by atoms with Crippen LogP contribution in [0, 0.1) is 0 Å². The first-order chi connectivity index (χ1) is 9.04. The Morgan fingerprint density at radius 2 is 1.68 bits per heavy atom. The van der Waals surface area contributed by atoms with Gasteiger partial charge < -0.3 is 0 Å². The van der Waals surface area contributed by atoms with E-state index < -0.39 is 23.2 Å². The van der Waals surface area contributed by atoms with Crippen LogP contribution >= 0.6 is 0 Å². The van der Waals surface area contributed by atoms with Crippen LogP contribution in [0.4, 0.5) is 0 Å². The molecular weight excluding hydrogens is 397 g/mol. The Balaban J connectivity index is 1.95. The minimum atomic E-state index is -0.941. The van der Waals surface area contributed by atoms with Crippen molar-refractivity contribution in [1.82, 2.24) is 3.30 Å². The molecule has 0 unspecified atom stereocenters. The first kappa shape index (κ1) is 13.3. The summed E-state index contributed by atoms with van der Waals surface area (Å²) >= 11 is -0.941. The number of rotatable bonds is 2. The molecule has 0 fully saturated rings. The standard InChI is InChI=1S/C13H9.C4H10N.Hf/c1-3-7-12-10(5-1)9-11-6-2-4-8-13(11)12;1-4(2,3)5;/h1-5,7-8H,9H2;5H,1-3H3;/q;-1;+1. The maximum absolute atomic E-state index is 3.79. The van der Waals surface area contributed by atoms with Gasteiger partial charge in [-0.2, -0.15) is 0 Å². The van der Waals surface area contributed by atoms with Crippen LogP contribution in [-0.2, 0) is 29.6 Å². The summed E-state index contributed by atoms with van der Waals surface area (Å²) in [5.41, 5.74) is 6.24. The van der Waals surface area contributed by atoms with E-state index in [4.69, 9.17) is 0 Å². The van der Waals surface area contributed by atoms with Gasteiger partial charge in [-0.05, 0) is 0 Å². The first-order valence-corrected chi connectivity index (χ1v) is 10.4. The number of fused-ring (bicyclic) bond motifs is 3. The molecule has 2 aromatic rings. The molecule has 0 spiro atoms. The van der Waals surface area contributed by atoms with Gasteiger partial charge in [-0.15, -0.1) is 0 Å². The second-order valence-electron chi connectivity index (χ2n) is 6.17. The summed E-state index contributed by atoms with van der Waals surface area (Å²) in [6.07, 6.45) is 1.13. The zero-order valence-electron chi connectivity index (χ0n) is 11.7. The molecule has 0 bridgehead atoms. The molecule has 3 rings (SSSR count). The van der Waals surface area contributed by atoms with Crippen molar-refractivity contribution in [3.63, 3.8) is 0 Å². The predicted octanol–water partition coefficient (Wildman–Crippen LogP) is 3.27. The van der Waals surface area contributed by atoms with Crippen molar-refractivity contribution in [2.24, 2.45) is 0 Å². The zero-order chi connectivity index (χ0) is 13.5. The number of hydrogen-bond donors (Lipinski definition) is 1. The molecular formula is C17H19HfN. The van der Waals surface area contributed by atoms with Crippen molar-refractivity contribution in [1.29, 1.82) is 0 Å². The second kappa shape index (κ2) is 4.99. The van der Waals surface area contributed by atoms with Gasteiger partial charge in [0.1, 0.15) is 0 Å². The SMILES string of the molecule is CC(C)(C)[NH][Hf][c]1cccc2c1Cc1ccccc1-2. The number of hydrogen-bond acceptors (Lipinski definition) is 1. The topological polar surface area (TPSA) is 12.0 Å². The van der Waals surface area contributed by atoms with Crippen molar-refractivity contribution in [3.8, 4) is 11.1 Å². The van der Waals surface area contributed by atoms with Crippen molar-refractivity contribution in [3.05, 3.63) is 53.6 Å². The summed E-state index contributed by atoms with van der Waals surface area (Å²) < 4.78 is 5.42. The fraction of sp³-hybridized carbons (Fsp3) is 0.294. The molecule has 0 radical (unpaired) electrons. The van der Waals surface area contributed by atoms with Crippen LogP contribution < -0.4 is 6.62 Å². The van der Waals surface area contributed by atoms with Gasteiger partial charge >= 0.3 is 127 Å². The third-order valence-corrected chi connectivity index (χ3v) is 9.22. The Labute approximate surface area is 127 Å². The summed E-state index contributed by atoms with van der Waals surface area (Å²) in [6.45, 7) is 6.79. The molecule has 0 saturated carbocycles. The van der Waals surface area contributed by atoms with E-state index in [1.807, 2.05) is 0 Å². The van der Waals surface area contributed by atoms with Crippen LogP contribution in [0.15, 0.2) is 42.5 Å². The Bertz CT molecular complexity index is 611. The van der Waals surface area contributed by atoms with Crippen LogP contribution in [0.5, 0.6) is 0 Å². The fourth-order valence-corrected chi connectivity index (χ4v) is 6.35. The first-order valence-electron chi connectivity index (χ1n) is 6.78. The van der Waals surface area contributed by atoms with Gasteiger partial charge in [0, 0.05) is 0 Å². The zero-order valence-corrected chi connectivity index (χ0v) is 15.3. The normalized spacial score (nSPS) is 13.0. The average Bonchev–Trinajstić information content (AvgIpc) is 2.74. The molecule has 0 aliphatic heterocycles. The molecule has 19 heavy (non-hydrogen) atoms. The Morgan fingerprint density at radius 3 is 2.47 bits per heavy atom. The van der Waals surface area contributed by atoms with Crippen molar-refractivity contribution in [2.75, 3.05) is 0 Å². The van der Waals surface area contributed by atoms with Gasteiger partial charge in [0.25, 0.3) is 0 Å². The van der Waals surface area contributed by atoms with E-state index >= 15 is 0 Å². The third-order valence-electron chi connectivity index (χ3n) is 3.42. The molecule has 2 aromatic carbocycles. The average molecular weight is 416 g/mol. The van der Waals surface area contributed by atoms with E-state index in [1.54, 1.807) is 8.88 Å². The predicted molar refractivity (Wildman–Crippen MR) is 77.2 cm³/mol. The van der Waals surface area contributed by atoms with Gasteiger partial charge in [-0.25, -0.2) is 0 Å². The van der Waals surface area contributed by atoms with Crippen LogP contribution in [0.25, 0.3) is 11.1 Å². The molecule has 1 nitrogen and oxygen atoms in total.